The summed E-state index contributed by atoms with van der Waals surface area (Å²) in [6.07, 6.45) is 3.08. The monoisotopic (exact) mass is 258 g/mol. The minimum Gasteiger partial charge on any atom is -0.393 e. The van der Waals surface area contributed by atoms with Gasteiger partial charge >= 0.3 is 0 Å². The van der Waals surface area contributed by atoms with Crippen molar-refractivity contribution >= 4 is 11.6 Å². The molecule has 1 saturated carbocycles. The van der Waals surface area contributed by atoms with Crippen molar-refractivity contribution in [2.75, 3.05) is 0 Å². The second kappa shape index (κ2) is 5.80. The predicted octanol–water partition coefficient (Wildman–Crippen LogP) is 3.30. The molecule has 0 saturated heterocycles. The highest BCUT2D eigenvalue weighted by atomic mass is 35.5. The topological polar surface area (TPSA) is 29.5 Å². The molecule has 2 nitrogen and oxygen atoms in total. The molecule has 0 aliphatic heterocycles. The molecule has 0 spiro atoms. The van der Waals surface area contributed by atoms with Gasteiger partial charge in [0.2, 0.25) is 0 Å². The maximum absolute atomic E-state index is 13.5. The average Bonchev–Trinajstić information content (AvgIpc) is 2.31. The zero-order valence-corrected chi connectivity index (χ0v) is 10.3. The van der Waals surface area contributed by atoms with Gasteiger partial charge in [-0.25, -0.2) is 4.39 Å². The molecule has 0 amide bonds. The van der Waals surface area contributed by atoms with Crippen molar-refractivity contribution in [3.8, 4) is 0 Å². The molecule has 1 aromatic carbocycles. The van der Waals surface area contributed by atoms with E-state index in [0.29, 0.717) is 10.6 Å². The minimum absolute atomic E-state index is 0.106. The Bertz CT molecular complexity index is 355. The molecule has 0 atom stereocenters. The van der Waals surface area contributed by atoms with Crippen LogP contribution in [0, 0.1) is 5.82 Å². The van der Waals surface area contributed by atoms with Crippen molar-refractivity contribution in [2.24, 2.45) is 0 Å². The van der Waals surface area contributed by atoms with Gasteiger partial charge in [0.25, 0.3) is 0 Å². The van der Waals surface area contributed by atoms with Crippen LogP contribution in [-0.2, 0) is 11.3 Å². The molecular formula is C13H16ClFO2. The van der Waals surface area contributed by atoms with Crippen molar-refractivity contribution in [1.82, 2.24) is 0 Å². The lowest BCUT2D eigenvalue weighted by atomic mass is 9.95. The smallest absolute Gasteiger partial charge is 0.130 e. The maximum atomic E-state index is 13.5. The van der Waals surface area contributed by atoms with Gasteiger partial charge in [0.1, 0.15) is 5.82 Å². The lowest BCUT2D eigenvalue weighted by molar-refractivity contribution is -0.0127. The number of rotatable bonds is 3. The molecule has 2 rings (SSSR count). The van der Waals surface area contributed by atoms with E-state index in [1.54, 1.807) is 12.1 Å². The summed E-state index contributed by atoms with van der Waals surface area (Å²) in [5.74, 6) is -0.326. The lowest BCUT2D eigenvalue weighted by Gasteiger charge is -2.25. The first-order valence-electron chi connectivity index (χ1n) is 5.89. The highest BCUT2D eigenvalue weighted by Crippen LogP contribution is 2.25. The molecule has 1 aliphatic rings. The van der Waals surface area contributed by atoms with Crippen molar-refractivity contribution in [2.45, 2.75) is 44.5 Å². The van der Waals surface area contributed by atoms with Crippen LogP contribution in [0.3, 0.4) is 0 Å². The molecule has 0 heterocycles. The summed E-state index contributed by atoms with van der Waals surface area (Å²) >= 11 is 5.91. The third kappa shape index (κ3) is 3.41. The lowest BCUT2D eigenvalue weighted by Crippen LogP contribution is -2.24. The summed E-state index contributed by atoms with van der Waals surface area (Å²) in [6.45, 7) is 0.201. The number of hydrogen-bond donors (Lipinski definition) is 1. The Morgan fingerprint density at radius 2 is 2.00 bits per heavy atom. The van der Waals surface area contributed by atoms with E-state index in [2.05, 4.69) is 0 Å². The standard InChI is InChI=1S/C13H16ClFO2/c14-12-2-1-3-13(15)11(12)8-17-10-6-4-9(16)5-7-10/h1-3,9-10,16H,4-8H2. The van der Waals surface area contributed by atoms with Crippen molar-refractivity contribution in [3.05, 3.63) is 34.6 Å². The second-order valence-corrected chi connectivity index (χ2v) is 4.85. The summed E-state index contributed by atoms with van der Waals surface area (Å²) in [7, 11) is 0. The van der Waals surface area contributed by atoms with E-state index in [0.717, 1.165) is 25.7 Å². The van der Waals surface area contributed by atoms with E-state index in [4.69, 9.17) is 16.3 Å². The molecule has 1 fully saturated rings. The highest BCUT2D eigenvalue weighted by Gasteiger charge is 2.20. The van der Waals surface area contributed by atoms with Crippen molar-refractivity contribution in [3.63, 3.8) is 0 Å². The summed E-state index contributed by atoms with van der Waals surface area (Å²) in [5.41, 5.74) is 0.417. The van der Waals surface area contributed by atoms with Crippen LogP contribution in [0.15, 0.2) is 18.2 Å². The van der Waals surface area contributed by atoms with E-state index in [1.807, 2.05) is 0 Å². The zero-order chi connectivity index (χ0) is 12.3. The van der Waals surface area contributed by atoms with Gasteiger partial charge < -0.3 is 9.84 Å². The predicted molar refractivity (Wildman–Crippen MR) is 64.5 cm³/mol. The Kier molecular flexibility index (Phi) is 4.37. The van der Waals surface area contributed by atoms with Gasteiger partial charge in [-0.15, -0.1) is 0 Å². The van der Waals surface area contributed by atoms with E-state index < -0.39 is 0 Å². The molecule has 1 N–H and O–H groups in total. The molecule has 94 valence electrons. The second-order valence-electron chi connectivity index (χ2n) is 4.44. The number of ether oxygens (including phenoxy) is 1. The Balaban J connectivity index is 1.89. The van der Waals surface area contributed by atoms with Gasteiger partial charge in [0.05, 0.1) is 18.8 Å². The Morgan fingerprint density at radius 3 is 2.65 bits per heavy atom. The van der Waals surface area contributed by atoms with Crippen LogP contribution in [0.1, 0.15) is 31.2 Å². The fourth-order valence-corrected chi connectivity index (χ4v) is 2.30. The van der Waals surface area contributed by atoms with Gasteiger partial charge in [0.15, 0.2) is 0 Å². The largest absolute Gasteiger partial charge is 0.393 e. The van der Waals surface area contributed by atoms with Crippen LogP contribution in [0.25, 0.3) is 0 Å². The number of aliphatic hydroxyl groups excluding tert-OH is 1. The summed E-state index contributed by atoms with van der Waals surface area (Å²) in [4.78, 5) is 0. The average molecular weight is 259 g/mol. The summed E-state index contributed by atoms with van der Waals surface area (Å²) < 4.78 is 19.1. The number of halogens is 2. The third-order valence-corrected chi connectivity index (χ3v) is 3.52. The van der Waals surface area contributed by atoms with Crippen molar-refractivity contribution in [1.29, 1.82) is 0 Å². The molecule has 0 unspecified atom stereocenters. The number of aliphatic hydroxyl groups is 1. The Morgan fingerprint density at radius 1 is 1.29 bits per heavy atom. The van der Waals surface area contributed by atoms with E-state index >= 15 is 0 Å². The van der Waals surface area contributed by atoms with E-state index in [9.17, 15) is 9.50 Å². The Hall–Kier alpha value is -0.640. The van der Waals surface area contributed by atoms with Crippen LogP contribution in [-0.4, -0.2) is 17.3 Å². The van der Waals surface area contributed by atoms with Gasteiger partial charge in [0, 0.05) is 10.6 Å². The molecule has 1 aromatic rings. The normalized spacial score (nSPS) is 24.9. The zero-order valence-electron chi connectivity index (χ0n) is 9.53. The molecule has 0 bridgehead atoms. The third-order valence-electron chi connectivity index (χ3n) is 3.17. The number of benzene rings is 1. The molecule has 1 aliphatic carbocycles. The van der Waals surface area contributed by atoms with Crippen molar-refractivity contribution < 1.29 is 14.2 Å². The van der Waals surface area contributed by atoms with Crippen LogP contribution in [0.2, 0.25) is 5.02 Å². The van der Waals surface area contributed by atoms with Gasteiger partial charge in [-0.05, 0) is 37.8 Å². The SMILES string of the molecule is OC1CCC(OCc2c(F)cccc2Cl)CC1. The first kappa shape index (κ1) is 12.8. The fourth-order valence-electron chi connectivity index (χ4n) is 2.08. The van der Waals surface area contributed by atoms with Crippen LogP contribution >= 0.6 is 11.6 Å². The summed E-state index contributed by atoms with van der Waals surface area (Å²) in [6, 6.07) is 4.63. The summed E-state index contributed by atoms with van der Waals surface area (Å²) in [5, 5.41) is 9.77. The van der Waals surface area contributed by atoms with Gasteiger partial charge in [-0.1, -0.05) is 17.7 Å². The van der Waals surface area contributed by atoms with Gasteiger partial charge in [-0.3, -0.25) is 0 Å². The maximum Gasteiger partial charge on any atom is 0.130 e. The first-order valence-corrected chi connectivity index (χ1v) is 6.27. The molecule has 17 heavy (non-hydrogen) atoms. The molecule has 4 heteroatoms. The van der Waals surface area contributed by atoms with Crippen LogP contribution in [0.4, 0.5) is 4.39 Å². The minimum atomic E-state index is -0.326. The number of hydrogen-bond acceptors (Lipinski definition) is 2. The van der Waals surface area contributed by atoms with Crippen LogP contribution in [0.5, 0.6) is 0 Å². The first-order chi connectivity index (χ1) is 8.16. The van der Waals surface area contributed by atoms with Gasteiger partial charge in [-0.2, -0.15) is 0 Å². The molecule has 0 aromatic heterocycles. The highest BCUT2D eigenvalue weighted by molar-refractivity contribution is 6.31. The fraction of sp³-hybridized carbons (Fsp3) is 0.538. The molecular weight excluding hydrogens is 243 g/mol. The van der Waals surface area contributed by atoms with E-state index in [1.165, 1.54) is 6.07 Å². The quantitative estimate of drug-likeness (QED) is 0.901. The Labute approximate surface area is 105 Å². The van der Waals surface area contributed by atoms with E-state index in [-0.39, 0.29) is 24.6 Å². The van der Waals surface area contributed by atoms with Crippen LogP contribution < -0.4 is 0 Å². The molecule has 0 radical (unpaired) electrons.